The van der Waals surface area contributed by atoms with Crippen LogP contribution in [0.15, 0.2) is 17.1 Å². The molecule has 0 N–H and O–H groups in total. The summed E-state index contributed by atoms with van der Waals surface area (Å²) < 4.78 is 5.13. The number of rotatable bonds is 3. The lowest BCUT2D eigenvalue weighted by atomic mass is 10.1. The number of nitrogens with zero attached hydrogens (tertiary/aromatic N) is 1. The highest BCUT2D eigenvalue weighted by atomic mass is 35.5. The summed E-state index contributed by atoms with van der Waals surface area (Å²) in [7, 11) is 1.57. The first-order chi connectivity index (χ1) is 6.69. The van der Waals surface area contributed by atoms with E-state index in [9.17, 15) is 4.79 Å². The average Bonchev–Trinajstić information content (AvgIpc) is 2.19. The largest absolute Gasteiger partial charge is 0.496 e. The first-order valence-corrected chi connectivity index (χ1v) is 4.43. The van der Waals surface area contributed by atoms with Crippen LogP contribution >= 0.6 is 11.6 Å². The lowest BCUT2D eigenvalue weighted by molar-refractivity contribution is 0.409. The molecule has 0 aromatic heterocycles. The molecule has 0 bridgehead atoms. The van der Waals surface area contributed by atoms with Crippen LogP contribution in [0.2, 0.25) is 5.02 Å². The summed E-state index contributed by atoms with van der Waals surface area (Å²) in [5.74, 6) is 0.686. The molecule has 0 saturated heterocycles. The number of benzene rings is 1. The molecule has 0 radical (unpaired) electrons. The van der Waals surface area contributed by atoms with Gasteiger partial charge in [0, 0.05) is 10.6 Å². The number of hydrogen-bond acceptors (Lipinski definition) is 3. The fourth-order valence-corrected chi connectivity index (χ4v) is 1.31. The predicted molar refractivity (Wildman–Crippen MR) is 54.6 cm³/mol. The van der Waals surface area contributed by atoms with Crippen LogP contribution in [0, 0.1) is 6.92 Å². The second-order valence-corrected chi connectivity index (χ2v) is 3.23. The first kappa shape index (κ1) is 10.8. The van der Waals surface area contributed by atoms with Crippen molar-refractivity contribution in [3.05, 3.63) is 28.3 Å². The van der Waals surface area contributed by atoms with E-state index in [4.69, 9.17) is 16.3 Å². The first-order valence-electron chi connectivity index (χ1n) is 4.05. The molecule has 3 nitrogen and oxygen atoms in total. The number of hydrogen-bond donors (Lipinski definition) is 0. The number of halogens is 1. The van der Waals surface area contributed by atoms with Gasteiger partial charge in [-0.1, -0.05) is 11.6 Å². The van der Waals surface area contributed by atoms with Crippen LogP contribution in [-0.4, -0.2) is 13.2 Å². The van der Waals surface area contributed by atoms with Crippen molar-refractivity contribution < 1.29 is 9.53 Å². The van der Waals surface area contributed by atoms with E-state index < -0.39 is 0 Å². The highest BCUT2D eigenvalue weighted by Gasteiger charge is 2.05. The summed E-state index contributed by atoms with van der Waals surface area (Å²) in [6.07, 6.45) is 1.48. The summed E-state index contributed by atoms with van der Waals surface area (Å²) in [6, 6.07) is 3.56. The molecule has 0 fully saturated rings. The van der Waals surface area contributed by atoms with Crippen molar-refractivity contribution in [3.63, 3.8) is 0 Å². The van der Waals surface area contributed by atoms with Crippen LogP contribution in [0.1, 0.15) is 11.1 Å². The van der Waals surface area contributed by atoms with Crippen LogP contribution in [0.4, 0.5) is 0 Å². The van der Waals surface area contributed by atoms with Gasteiger partial charge in [-0.2, -0.15) is 0 Å². The van der Waals surface area contributed by atoms with Gasteiger partial charge in [0.15, 0.2) is 0 Å². The monoisotopic (exact) mass is 211 g/mol. The van der Waals surface area contributed by atoms with Crippen molar-refractivity contribution >= 4 is 17.7 Å². The number of carbonyl (C=O) groups excluding carboxylic acids is 1. The molecule has 0 spiro atoms. The molecule has 1 aromatic rings. The molecule has 0 heterocycles. The quantitative estimate of drug-likeness (QED) is 0.569. The standard InChI is InChI=1S/C10H10ClNO2/c1-7-3-10(14-2)8(4-9(7)11)5-12-6-13/h3-4H,5H2,1-2H3. The molecule has 1 aromatic carbocycles. The average molecular weight is 212 g/mol. The molecule has 0 amide bonds. The van der Waals surface area contributed by atoms with Crippen molar-refractivity contribution in [1.29, 1.82) is 0 Å². The molecule has 0 unspecified atom stereocenters. The SMILES string of the molecule is COc1cc(C)c(Cl)cc1CN=C=O. The van der Waals surface area contributed by atoms with Gasteiger partial charge < -0.3 is 4.74 Å². The third kappa shape index (κ3) is 2.34. The molecular weight excluding hydrogens is 202 g/mol. The van der Waals surface area contributed by atoms with Gasteiger partial charge in [0.2, 0.25) is 6.08 Å². The zero-order chi connectivity index (χ0) is 10.6. The summed E-state index contributed by atoms with van der Waals surface area (Å²) in [5.41, 5.74) is 1.72. The Morgan fingerprint density at radius 1 is 1.57 bits per heavy atom. The fraction of sp³-hybridized carbons (Fsp3) is 0.300. The smallest absolute Gasteiger partial charge is 0.235 e. The van der Waals surface area contributed by atoms with Crippen LogP contribution in [0.5, 0.6) is 5.75 Å². The van der Waals surface area contributed by atoms with Crippen molar-refractivity contribution in [2.45, 2.75) is 13.5 Å². The maximum absolute atomic E-state index is 9.96. The summed E-state index contributed by atoms with van der Waals surface area (Å²) >= 11 is 5.93. The predicted octanol–water partition coefficient (Wildman–Crippen LogP) is 2.49. The van der Waals surface area contributed by atoms with Crippen LogP contribution in [0.25, 0.3) is 0 Å². The van der Waals surface area contributed by atoms with Gasteiger partial charge in [0.25, 0.3) is 0 Å². The number of isocyanates is 1. The molecule has 0 aliphatic heterocycles. The molecule has 74 valence electrons. The zero-order valence-corrected chi connectivity index (χ0v) is 8.76. The lowest BCUT2D eigenvalue weighted by Crippen LogP contribution is -1.92. The Kier molecular flexibility index (Phi) is 3.69. The van der Waals surface area contributed by atoms with E-state index in [2.05, 4.69) is 4.99 Å². The lowest BCUT2D eigenvalue weighted by Gasteiger charge is -2.08. The van der Waals surface area contributed by atoms with Crippen LogP contribution < -0.4 is 4.74 Å². The Morgan fingerprint density at radius 3 is 2.86 bits per heavy atom. The number of aryl methyl sites for hydroxylation is 1. The van der Waals surface area contributed by atoms with E-state index in [1.807, 2.05) is 13.0 Å². The Hall–Kier alpha value is -1.31. The summed E-state index contributed by atoms with van der Waals surface area (Å²) in [6.45, 7) is 2.13. The Balaban J connectivity index is 3.12. The summed E-state index contributed by atoms with van der Waals surface area (Å²) in [4.78, 5) is 13.4. The van der Waals surface area contributed by atoms with E-state index in [-0.39, 0.29) is 6.54 Å². The van der Waals surface area contributed by atoms with Crippen molar-refractivity contribution in [1.82, 2.24) is 0 Å². The van der Waals surface area contributed by atoms with E-state index in [0.717, 1.165) is 11.1 Å². The molecular formula is C10H10ClNO2. The molecule has 0 atom stereocenters. The van der Waals surface area contributed by atoms with E-state index >= 15 is 0 Å². The van der Waals surface area contributed by atoms with Gasteiger partial charge in [-0.25, -0.2) is 9.79 Å². The molecule has 4 heteroatoms. The zero-order valence-electron chi connectivity index (χ0n) is 8.00. The van der Waals surface area contributed by atoms with Gasteiger partial charge in [0.1, 0.15) is 5.75 Å². The maximum atomic E-state index is 9.96. The maximum Gasteiger partial charge on any atom is 0.235 e. The fourth-order valence-electron chi connectivity index (χ4n) is 1.13. The van der Waals surface area contributed by atoms with Crippen molar-refractivity contribution in [2.75, 3.05) is 7.11 Å². The van der Waals surface area contributed by atoms with Gasteiger partial charge in [-0.3, -0.25) is 0 Å². The minimum Gasteiger partial charge on any atom is -0.496 e. The molecule has 1 rings (SSSR count). The Labute approximate surface area is 87.4 Å². The van der Waals surface area contributed by atoms with E-state index in [1.54, 1.807) is 13.2 Å². The molecule has 0 aliphatic rings. The molecule has 0 aliphatic carbocycles. The second-order valence-electron chi connectivity index (χ2n) is 2.82. The topological polar surface area (TPSA) is 38.7 Å². The third-order valence-corrected chi connectivity index (χ3v) is 2.28. The van der Waals surface area contributed by atoms with Gasteiger partial charge >= 0.3 is 0 Å². The van der Waals surface area contributed by atoms with Gasteiger partial charge in [-0.15, -0.1) is 0 Å². The normalized spacial score (nSPS) is 9.36. The third-order valence-electron chi connectivity index (χ3n) is 1.88. The number of aliphatic imine (C=N–C) groups is 1. The minimum atomic E-state index is 0.243. The van der Waals surface area contributed by atoms with Gasteiger partial charge in [0.05, 0.1) is 13.7 Å². The second kappa shape index (κ2) is 4.80. The Bertz CT molecular complexity index is 384. The van der Waals surface area contributed by atoms with E-state index in [1.165, 1.54) is 6.08 Å². The van der Waals surface area contributed by atoms with Crippen molar-refractivity contribution in [2.24, 2.45) is 4.99 Å². The van der Waals surface area contributed by atoms with Gasteiger partial charge in [-0.05, 0) is 24.6 Å². The minimum absolute atomic E-state index is 0.243. The highest BCUT2D eigenvalue weighted by Crippen LogP contribution is 2.26. The van der Waals surface area contributed by atoms with Crippen LogP contribution in [-0.2, 0) is 11.3 Å². The van der Waals surface area contributed by atoms with E-state index in [0.29, 0.717) is 10.8 Å². The Morgan fingerprint density at radius 2 is 2.29 bits per heavy atom. The van der Waals surface area contributed by atoms with Crippen molar-refractivity contribution in [3.8, 4) is 5.75 Å². The molecule has 14 heavy (non-hydrogen) atoms. The molecule has 0 saturated carbocycles. The highest BCUT2D eigenvalue weighted by molar-refractivity contribution is 6.31. The summed E-state index contributed by atoms with van der Waals surface area (Å²) in [5, 5.41) is 0.641. The van der Waals surface area contributed by atoms with Crippen LogP contribution in [0.3, 0.4) is 0 Å². The number of methoxy groups -OCH3 is 1. The number of ether oxygens (including phenoxy) is 1.